The lowest BCUT2D eigenvalue weighted by molar-refractivity contribution is 0.103. The molecule has 0 fully saturated rings. The van der Waals surface area contributed by atoms with Gasteiger partial charge in [-0.2, -0.15) is 0 Å². The lowest BCUT2D eigenvalue weighted by Gasteiger charge is -2.10. The van der Waals surface area contributed by atoms with Crippen molar-refractivity contribution in [2.75, 3.05) is 0 Å². The van der Waals surface area contributed by atoms with Crippen LogP contribution in [0.25, 0.3) is 0 Å². The van der Waals surface area contributed by atoms with Crippen LogP contribution in [-0.4, -0.2) is 5.78 Å². The second kappa shape index (κ2) is 6.00. The Kier molecular flexibility index (Phi) is 4.33. The maximum atomic E-state index is 14.1. The van der Waals surface area contributed by atoms with E-state index in [1.807, 2.05) is 32.0 Å². The molecule has 1 nitrogen and oxygen atoms in total. The monoisotopic (exact) mass is 270 g/mol. The summed E-state index contributed by atoms with van der Waals surface area (Å²) in [5.41, 5.74) is 3.34. The van der Waals surface area contributed by atoms with E-state index >= 15 is 0 Å². The SMILES string of the molecule is CCc1ccc(CC)c(C(=O)c2cccc(C)c2F)c1. The van der Waals surface area contributed by atoms with Crippen LogP contribution in [0, 0.1) is 12.7 Å². The van der Waals surface area contributed by atoms with Gasteiger partial charge in [0.1, 0.15) is 5.82 Å². The van der Waals surface area contributed by atoms with Crippen molar-refractivity contribution < 1.29 is 9.18 Å². The van der Waals surface area contributed by atoms with E-state index in [2.05, 4.69) is 0 Å². The molecule has 0 aliphatic heterocycles. The molecule has 0 amide bonds. The summed E-state index contributed by atoms with van der Waals surface area (Å²) in [4.78, 5) is 12.6. The molecular formula is C18H19FO. The zero-order valence-corrected chi connectivity index (χ0v) is 12.2. The summed E-state index contributed by atoms with van der Waals surface area (Å²) < 4.78 is 14.1. The van der Waals surface area contributed by atoms with Gasteiger partial charge in [0.15, 0.2) is 5.78 Å². The van der Waals surface area contributed by atoms with Crippen molar-refractivity contribution in [2.24, 2.45) is 0 Å². The van der Waals surface area contributed by atoms with Crippen LogP contribution in [0.2, 0.25) is 0 Å². The van der Waals surface area contributed by atoms with Gasteiger partial charge in [0, 0.05) is 5.56 Å². The first kappa shape index (κ1) is 14.4. The number of hydrogen-bond donors (Lipinski definition) is 0. The van der Waals surface area contributed by atoms with E-state index in [-0.39, 0.29) is 11.3 Å². The van der Waals surface area contributed by atoms with Crippen LogP contribution >= 0.6 is 0 Å². The van der Waals surface area contributed by atoms with E-state index in [4.69, 9.17) is 0 Å². The van der Waals surface area contributed by atoms with E-state index in [0.717, 1.165) is 24.0 Å². The molecule has 0 bridgehead atoms. The van der Waals surface area contributed by atoms with Crippen LogP contribution in [0.1, 0.15) is 46.5 Å². The van der Waals surface area contributed by atoms with Gasteiger partial charge in [-0.15, -0.1) is 0 Å². The van der Waals surface area contributed by atoms with Crippen LogP contribution in [0.15, 0.2) is 36.4 Å². The van der Waals surface area contributed by atoms with Gasteiger partial charge in [0.25, 0.3) is 0 Å². The minimum absolute atomic E-state index is 0.160. The van der Waals surface area contributed by atoms with E-state index in [0.29, 0.717) is 11.1 Å². The molecule has 0 aliphatic rings. The third-order valence-electron chi connectivity index (χ3n) is 3.64. The second-order valence-corrected chi connectivity index (χ2v) is 4.96. The minimum atomic E-state index is -0.415. The molecule has 2 heteroatoms. The Balaban J connectivity index is 2.55. The lowest BCUT2D eigenvalue weighted by Crippen LogP contribution is -2.09. The standard InChI is InChI=1S/C18H19FO/c1-4-13-9-10-14(5-2)16(11-13)18(20)15-8-6-7-12(3)17(15)19/h6-11H,4-5H2,1-3H3. The molecule has 0 heterocycles. The first-order valence-corrected chi connectivity index (χ1v) is 7.00. The third kappa shape index (κ3) is 2.64. The van der Waals surface area contributed by atoms with Gasteiger partial charge in [-0.05, 0) is 48.6 Å². The van der Waals surface area contributed by atoms with Gasteiger partial charge in [-0.1, -0.05) is 38.1 Å². The van der Waals surface area contributed by atoms with Crippen molar-refractivity contribution >= 4 is 5.78 Å². The summed E-state index contributed by atoms with van der Waals surface area (Å²) in [7, 11) is 0. The number of carbonyl (C=O) groups excluding carboxylic acids is 1. The Morgan fingerprint density at radius 3 is 2.45 bits per heavy atom. The summed E-state index contributed by atoms with van der Waals surface area (Å²) in [6.07, 6.45) is 1.62. The van der Waals surface area contributed by atoms with Crippen molar-refractivity contribution in [1.82, 2.24) is 0 Å². The molecule has 2 aromatic rings. The number of ketones is 1. The molecule has 20 heavy (non-hydrogen) atoms. The molecular weight excluding hydrogens is 251 g/mol. The van der Waals surface area contributed by atoms with Crippen molar-refractivity contribution in [3.05, 3.63) is 70.0 Å². The molecule has 0 atom stereocenters. The van der Waals surface area contributed by atoms with Crippen LogP contribution < -0.4 is 0 Å². The molecule has 0 saturated heterocycles. The van der Waals surface area contributed by atoms with E-state index in [1.165, 1.54) is 0 Å². The fraction of sp³-hybridized carbons (Fsp3) is 0.278. The van der Waals surface area contributed by atoms with Crippen LogP contribution in [0.4, 0.5) is 4.39 Å². The average Bonchev–Trinajstić information content (AvgIpc) is 2.48. The molecule has 104 valence electrons. The van der Waals surface area contributed by atoms with Crippen LogP contribution in [0.3, 0.4) is 0 Å². The van der Waals surface area contributed by atoms with Gasteiger partial charge in [-0.3, -0.25) is 4.79 Å². The van der Waals surface area contributed by atoms with Gasteiger partial charge in [0.05, 0.1) is 5.56 Å². The number of rotatable bonds is 4. The first-order chi connectivity index (χ1) is 9.58. The fourth-order valence-corrected chi connectivity index (χ4v) is 2.33. The van der Waals surface area contributed by atoms with Gasteiger partial charge in [0.2, 0.25) is 0 Å². The van der Waals surface area contributed by atoms with Gasteiger partial charge < -0.3 is 0 Å². The lowest BCUT2D eigenvalue weighted by atomic mass is 9.93. The predicted octanol–water partition coefficient (Wildman–Crippen LogP) is 4.49. The van der Waals surface area contributed by atoms with Crippen LogP contribution in [-0.2, 0) is 12.8 Å². The number of benzene rings is 2. The molecule has 0 radical (unpaired) electrons. The zero-order chi connectivity index (χ0) is 14.7. The summed E-state index contributed by atoms with van der Waals surface area (Å²) in [6, 6.07) is 10.9. The van der Waals surface area contributed by atoms with E-state index < -0.39 is 5.82 Å². The average molecular weight is 270 g/mol. The van der Waals surface area contributed by atoms with Gasteiger partial charge in [-0.25, -0.2) is 4.39 Å². The number of hydrogen-bond acceptors (Lipinski definition) is 1. The predicted molar refractivity (Wildman–Crippen MR) is 79.8 cm³/mol. The van der Waals surface area contributed by atoms with Crippen molar-refractivity contribution in [2.45, 2.75) is 33.6 Å². The van der Waals surface area contributed by atoms with E-state index in [1.54, 1.807) is 25.1 Å². The molecule has 0 aromatic heterocycles. The molecule has 0 N–H and O–H groups in total. The summed E-state index contributed by atoms with van der Waals surface area (Å²) in [6.45, 7) is 5.72. The van der Waals surface area contributed by atoms with Crippen LogP contribution in [0.5, 0.6) is 0 Å². The Morgan fingerprint density at radius 2 is 1.80 bits per heavy atom. The van der Waals surface area contributed by atoms with E-state index in [9.17, 15) is 9.18 Å². The maximum absolute atomic E-state index is 14.1. The smallest absolute Gasteiger partial charge is 0.196 e. The molecule has 0 saturated carbocycles. The number of aryl methyl sites for hydroxylation is 3. The highest BCUT2D eigenvalue weighted by Gasteiger charge is 2.18. The molecule has 0 aliphatic carbocycles. The van der Waals surface area contributed by atoms with Gasteiger partial charge >= 0.3 is 0 Å². The van der Waals surface area contributed by atoms with Crippen molar-refractivity contribution in [3.8, 4) is 0 Å². The molecule has 0 unspecified atom stereocenters. The highest BCUT2D eigenvalue weighted by molar-refractivity contribution is 6.10. The number of carbonyl (C=O) groups is 1. The topological polar surface area (TPSA) is 17.1 Å². The molecule has 2 rings (SSSR count). The zero-order valence-electron chi connectivity index (χ0n) is 12.2. The Labute approximate surface area is 119 Å². The maximum Gasteiger partial charge on any atom is 0.196 e. The summed E-state index contributed by atoms with van der Waals surface area (Å²) >= 11 is 0. The van der Waals surface area contributed by atoms with Crippen molar-refractivity contribution in [3.63, 3.8) is 0 Å². The summed E-state index contributed by atoms with van der Waals surface area (Å²) in [5.74, 6) is -0.639. The first-order valence-electron chi connectivity index (χ1n) is 7.00. The highest BCUT2D eigenvalue weighted by Crippen LogP contribution is 2.21. The highest BCUT2D eigenvalue weighted by atomic mass is 19.1. The largest absolute Gasteiger partial charge is 0.288 e. The van der Waals surface area contributed by atoms with Crippen molar-refractivity contribution in [1.29, 1.82) is 0 Å². The fourth-order valence-electron chi connectivity index (χ4n) is 2.33. The normalized spacial score (nSPS) is 10.6. The number of halogens is 1. The summed E-state index contributed by atoms with van der Waals surface area (Å²) in [5, 5.41) is 0. The molecule has 2 aromatic carbocycles. The Bertz CT molecular complexity index is 644. The second-order valence-electron chi connectivity index (χ2n) is 4.96. The quantitative estimate of drug-likeness (QED) is 0.748. The Morgan fingerprint density at radius 1 is 1.05 bits per heavy atom. The molecule has 0 spiro atoms. The minimum Gasteiger partial charge on any atom is -0.288 e. The third-order valence-corrected chi connectivity index (χ3v) is 3.64. The Hall–Kier alpha value is -1.96.